The summed E-state index contributed by atoms with van der Waals surface area (Å²) >= 11 is 0. The molecule has 27 heavy (non-hydrogen) atoms. The van der Waals surface area contributed by atoms with Crippen molar-refractivity contribution in [1.29, 1.82) is 0 Å². The molecule has 1 spiro atoms. The van der Waals surface area contributed by atoms with Gasteiger partial charge in [0.1, 0.15) is 0 Å². The van der Waals surface area contributed by atoms with Crippen LogP contribution in [0.25, 0.3) is 11.5 Å². The molecule has 2 aliphatic rings. The van der Waals surface area contributed by atoms with Gasteiger partial charge >= 0.3 is 0 Å². The molecule has 0 N–H and O–H groups in total. The standard InChI is InChI=1S/C19H26N4O3S/c1-14(2)22(3)27(24,25)23-11-9-19(10-12-23)13-16(19)18-21-20-17(26-18)15-7-5-4-6-8-15/h4-8,14,16H,9-13H2,1-3H3/t16-/m0/s1. The van der Waals surface area contributed by atoms with Crippen molar-refractivity contribution in [3.8, 4) is 11.5 Å². The van der Waals surface area contributed by atoms with E-state index in [2.05, 4.69) is 10.2 Å². The van der Waals surface area contributed by atoms with E-state index in [1.807, 2.05) is 44.2 Å². The number of piperidine rings is 1. The topological polar surface area (TPSA) is 79.5 Å². The molecule has 7 nitrogen and oxygen atoms in total. The summed E-state index contributed by atoms with van der Waals surface area (Å²) in [4.78, 5) is 0. The molecule has 0 unspecified atom stereocenters. The third-order valence-electron chi connectivity index (χ3n) is 6.08. The molecule has 1 aromatic carbocycles. The fourth-order valence-electron chi connectivity index (χ4n) is 3.93. The van der Waals surface area contributed by atoms with Crippen molar-refractivity contribution in [1.82, 2.24) is 18.8 Å². The quantitative estimate of drug-likeness (QED) is 0.784. The van der Waals surface area contributed by atoms with Crippen LogP contribution in [0.15, 0.2) is 34.7 Å². The highest BCUT2D eigenvalue weighted by molar-refractivity contribution is 7.86. The Labute approximate surface area is 160 Å². The van der Waals surface area contributed by atoms with Crippen molar-refractivity contribution < 1.29 is 12.8 Å². The molecule has 2 aromatic rings. The molecule has 146 valence electrons. The summed E-state index contributed by atoms with van der Waals surface area (Å²) in [6.45, 7) is 4.88. The van der Waals surface area contributed by atoms with E-state index in [0.29, 0.717) is 24.9 Å². The SMILES string of the molecule is CC(C)N(C)S(=O)(=O)N1CCC2(CC1)C[C@H]2c1nnc(-c2ccccc2)o1. The number of aromatic nitrogens is 2. The third kappa shape index (κ3) is 3.30. The monoisotopic (exact) mass is 390 g/mol. The van der Waals surface area contributed by atoms with E-state index in [1.165, 1.54) is 4.31 Å². The highest BCUT2D eigenvalue weighted by atomic mass is 32.2. The first-order valence-electron chi connectivity index (χ1n) is 9.45. The van der Waals surface area contributed by atoms with Gasteiger partial charge in [0.05, 0.1) is 0 Å². The number of hydrogen-bond donors (Lipinski definition) is 0. The maximum atomic E-state index is 12.7. The molecule has 1 aliphatic carbocycles. The van der Waals surface area contributed by atoms with E-state index < -0.39 is 10.2 Å². The smallest absolute Gasteiger partial charge is 0.281 e. The lowest BCUT2D eigenvalue weighted by molar-refractivity contribution is 0.231. The van der Waals surface area contributed by atoms with Crippen molar-refractivity contribution in [2.75, 3.05) is 20.1 Å². The fraction of sp³-hybridized carbons (Fsp3) is 0.579. The van der Waals surface area contributed by atoms with Gasteiger partial charge in [-0.05, 0) is 50.7 Å². The lowest BCUT2D eigenvalue weighted by Crippen LogP contribution is -2.48. The zero-order valence-electron chi connectivity index (χ0n) is 16.0. The number of rotatable bonds is 5. The van der Waals surface area contributed by atoms with Crippen LogP contribution in [-0.2, 0) is 10.2 Å². The normalized spacial score (nSPS) is 22.6. The first-order valence-corrected chi connectivity index (χ1v) is 10.9. The van der Waals surface area contributed by atoms with Gasteiger partial charge in [0.15, 0.2) is 0 Å². The van der Waals surface area contributed by atoms with E-state index >= 15 is 0 Å². The first-order chi connectivity index (χ1) is 12.8. The first kappa shape index (κ1) is 18.6. The molecular formula is C19H26N4O3S. The van der Waals surface area contributed by atoms with Crippen LogP contribution in [-0.4, -0.2) is 53.4 Å². The average Bonchev–Trinajstić information content (AvgIpc) is 3.14. The zero-order valence-corrected chi connectivity index (χ0v) is 16.8. The Morgan fingerprint density at radius 2 is 1.85 bits per heavy atom. The van der Waals surface area contributed by atoms with Crippen LogP contribution in [0, 0.1) is 5.41 Å². The molecule has 0 bridgehead atoms. The minimum atomic E-state index is -3.38. The van der Waals surface area contributed by atoms with Crippen molar-refractivity contribution >= 4 is 10.2 Å². The summed E-state index contributed by atoms with van der Waals surface area (Å²) in [6.07, 6.45) is 2.68. The lowest BCUT2D eigenvalue weighted by Gasteiger charge is -2.35. The van der Waals surface area contributed by atoms with Gasteiger partial charge in [0.2, 0.25) is 11.8 Å². The minimum absolute atomic E-state index is 0.0469. The van der Waals surface area contributed by atoms with Crippen LogP contribution < -0.4 is 0 Å². The molecular weight excluding hydrogens is 364 g/mol. The Morgan fingerprint density at radius 3 is 2.48 bits per heavy atom. The predicted octanol–water partition coefficient (Wildman–Crippen LogP) is 2.89. The molecule has 1 saturated heterocycles. The maximum absolute atomic E-state index is 12.7. The van der Waals surface area contributed by atoms with Gasteiger partial charge in [-0.1, -0.05) is 18.2 Å². The number of hydrogen-bond acceptors (Lipinski definition) is 5. The Morgan fingerprint density at radius 1 is 1.19 bits per heavy atom. The molecule has 2 heterocycles. The van der Waals surface area contributed by atoms with Gasteiger partial charge in [-0.3, -0.25) is 0 Å². The van der Waals surface area contributed by atoms with Gasteiger partial charge in [-0.25, -0.2) is 0 Å². The highest BCUT2D eigenvalue weighted by Crippen LogP contribution is 2.64. The van der Waals surface area contributed by atoms with Gasteiger partial charge < -0.3 is 4.42 Å². The molecule has 4 rings (SSSR count). The second-order valence-corrected chi connectivity index (χ2v) is 9.94. The Bertz CT molecular complexity index is 902. The molecule has 1 atom stereocenters. The third-order valence-corrected chi connectivity index (χ3v) is 8.25. The van der Waals surface area contributed by atoms with Crippen molar-refractivity contribution in [3.05, 3.63) is 36.2 Å². The summed E-state index contributed by atoms with van der Waals surface area (Å²) in [7, 11) is -1.74. The summed E-state index contributed by atoms with van der Waals surface area (Å²) in [5.41, 5.74) is 1.03. The fourth-order valence-corrected chi connectivity index (χ4v) is 5.47. The van der Waals surface area contributed by atoms with Gasteiger partial charge in [-0.2, -0.15) is 17.0 Å². The predicted molar refractivity (Wildman–Crippen MR) is 102 cm³/mol. The van der Waals surface area contributed by atoms with Crippen LogP contribution >= 0.6 is 0 Å². The molecule has 2 fully saturated rings. The molecule has 1 aromatic heterocycles. The van der Waals surface area contributed by atoms with Crippen LogP contribution in [0.5, 0.6) is 0 Å². The van der Waals surface area contributed by atoms with Crippen LogP contribution in [0.1, 0.15) is 44.9 Å². The summed E-state index contributed by atoms with van der Waals surface area (Å²) in [5, 5.41) is 8.46. The maximum Gasteiger partial charge on any atom is 0.281 e. The van der Waals surface area contributed by atoms with Crippen molar-refractivity contribution in [2.45, 2.75) is 45.1 Å². The van der Waals surface area contributed by atoms with Gasteiger partial charge in [0, 0.05) is 37.7 Å². The van der Waals surface area contributed by atoms with Crippen LogP contribution in [0.2, 0.25) is 0 Å². The van der Waals surface area contributed by atoms with E-state index in [1.54, 1.807) is 11.4 Å². The minimum Gasteiger partial charge on any atom is -0.420 e. The average molecular weight is 391 g/mol. The molecule has 0 amide bonds. The second-order valence-electron chi connectivity index (χ2n) is 7.95. The largest absolute Gasteiger partial charge is 0.420 e. The van der Waals surface area contributed by atoms with E-state index in [9.17, 15) is 8.42 Å². The second kappa shape index (κ2) is 6.68. The summed E-state index contributed by atoms with van der Waals surface area (Å²) < 4.78 is 34.3. The highest BCUT2D eigenvalue weighted by Gasteiger charge is 2.59. The van der Waals surface area contributed by atoms with E-state index in [0.717, 1.165) is 24.8 Å². The molecule has 1 saturated carbocycles. The molecule has 8 heteroatoms. The molecule has 1 aliphatic heterocycles. The summed E-state index contributed by atoms with van der Waals surface area (Å²) in [5.74, 6) is 1.48. The Hall–Kier alpha value is -1.77. The van der Waals surface area contributed by atoms with Crippen molar-refractivity contribution in [2.24, 2.45) is 5.41 Å². The van der Waals surface area contributed by atoms with Crippen LogP contribution in [0.4, 0.5) is 0 Å². The van der Waals surface area contributed by atoms with Gasteiger partial charge in [-0.15, -0.1) is 10.2 Å². The summed E-state index contributed by atoms with van der Waals surface area (Å²) in [6, 6.07) is 9.71. The number of benzene rings is 1. The van der Waals surface area contributed by atoms with Gasteiger partial charge in [0.25, 0.3) is 10.2 Å². The van der Waals surface area contributed by atoms with Crippen LogP contribution in [0.3, 0.4) is 0 Å². The zero-order chi connectivity index (χ0) is 19.2. The molecule has 0 radical (unpaired) electrons. The van der Waals surface area contributed by atoms with E-state index in [4.69, 9.17) is 4.42 Å². The lowest BCUT2D eigenvalue weighted by atomic mass is 9.92. The van der Waals surface area contributed by atoms with Crippen molar-refractivity contribution in [3.63, 3.8) is 0 Å². The van der Waals surface area contributed by atoms with E-state index in [-0.39, 0.29) is 17.4 Å². The Kier molecular flexibility index (Phi) is 4.60. The number of nitrogens with zero attached hydrogens (tertiary/aromatic N) is 4. The Balaban J connectivity index is 1.42.